The molecule has 0 amide bonds. The summed E-state index contributed by atoms with van der Waals surface area (Å²) in [5.41, 5.74) is -10.7. The zero-order chi connectivity index (χ0) is 17.8. The monoisotopic (exact) mass is 374 g/mol. The molecule has 1 aromatic rings. The molecule has 0 heterocycles. The number of benzene rings is 1. The summed E-state index contributed by atoms with van der Waals surface area (Å²) < 4.78 is 109. The highest BCUT2D eigenvalue weighted by Crippen LogP contribution is 2.25. The smallest absolute Gasteiger partial charge is 0.276 e. The van der Waals surface area contributed by atoms with Crippen LogP contribution in [0.4, 0.5) is 32.0 Å². The van der Waals surface area contributed by atoms with Crippen LogP contribution in [0.5, 0.6) is 0 Å². The summed E-state index contributed by atoms with van der Waals surface area (Å²) in [6.07, 6.45) is 0. The average molecular weight is 374 g/mol. The number of nitrogens with two attached hydrogens (primary N) is 1. The second-order valence-electron chi connectivity index (χ2n) is 3.41. The minimum absolute atomic E-state index is 0.121. The van der Waals surface area contributed by atoms with Crippen LogP contribution in [-0.2, 0) is 20.0 Å². The molecule has 0 aliphatic rings. The summed E-state index contributed by atoms with van der Waals surface area (Å²) in [5.74, 6) is 0. The molecule has 0 aromatic heterocycles. The molecular formula is C8H8F6N2O4S2. The van der Waals surface area contributed by atoms with E-state index in [4.69, 9.17) is 0 Å². The fourth-order valence-corrected chi connectivity index (χ4v) is 1.28. The summed E-state index contributed by atoms with van der Waals surface area (Å²) in [7, 11) is -10.6. The molecule has 0 saturated carbocycles. The molecule has 0 bridgehead atoms. The third-order valence-electron chi connectivity index (χ3n) is 1.65. The number of nitrogens with one attached hydrogen (secondary N) is 1. The lowest BCUT2D eigenvalue weighted by atomic mass is 10.3. The summed E-state index contributed by atoms with van der Waals surface area (Å²) in [6, 6.07) is 6.86. The molecule has 0 atom stereocenters. The van der Waals surface area contributed by atoms with Crippen molar-refractivity contribution >= 4 is 25.7 Å². The van der Waals surface area contributed by atoms with Gasteiger partial charge in [-0.2, -0.15) is 34.8 Å². The minimum Gasteiger partial charge on any atom is -0.276 e. The first-order valence-electron chi connectivity index (χ1n) is 4.81. The third kappa shape index (κ3) is 6.48. The van der Waals surface area contributed by atoms with Gasteiger partial charge in [-0.1, -0.05) is 18.2 Å². The van der Waals surface area contributed by atoms with Crippen molar-refractivity contribution in [2.45, 2.75) is 11.0 Å². The lowest BCUT2D eigenvalue weighted by Crippen LogP contribution is -2.30. The zero-order valence-corrected chi connectivity index (χ0v) is 11.8. The first-order valence-corrected chi connectivity index (χ1v) is 7.84. The van der Waals surface area contributed by atoms with Crippen LogP contribution < -0.4 is 9.86 Å². The Hall–Kier alpha value is -1.54. The molecule has 0 unspecified atom stereocenters. The van der Waals surface area contributed by atoms with E-state index in [1.165, 1.54) is 29.0 Å². The Kier molecular flexibility index (Phi) is 6.23. The fraction of sp³-hybridized carbons (Fsp3) is 0.250. The molecule has 1 rings (SSSR count). The summed E-state index contributed by atoms with van der Waals surface area (Å²) in [4.78, 5) is 0. The maximum absolute atomic E-state index is 11.9. The molecule has 6 nitrogen and oxygen atoms in total. The van der Waals surface area contributed by atoms with Gasteiger partial charge in [0.05, 0.1) is 0 Å². The number of para-hydroxylation sites is 1. The molecule has 0 spiro atoms. The second-order valence-corrected chi connectivity index (χ2v) is 6.63. The van der Waals surface area contributed by atoms with E-state index >= 15 is 0 Å². The van der Waals surface area contributed by atoms with Gasteiger partial charge in [-0.05, 0) is 12.1 Å². The topological polar surface area (TPSA) is 106 Å². The van der Waals surface area contributed by atoms with Crippen LogP contribution in [0.3, 0.4) is 0 Å². The number of halogens is 6. The molecule has 1 aromatic carbocycles. The average Bonchev–Trinajstić information content (AvgIpc) is 2.26. The van der Waals surface area contributed by atoms with Crippen LogP contribution in [0.2, 0.25) is 0 Å². The Morgan fingerprint density at radius 3 is 1.45 bits per heavy atom. The largest absolute Gasteiger partial charge is 0.516 e. The van der Waals surface area contributed by atoms with Gasteiger partial charge in [-0.25, -0.2) is 13.6 Å². The third-order valence-corrected chi connectivity index (χ3v) is 3.41. The number of anilines is 1. The number of sulfonamides is 2. The summed E-state index contributed by atoms with van der Waals surface area (Å²) in [5, 5.41) is 3.66. The molecule has 0 saturated heterocycles. The van der Waals surface area contributed by atoms with Crippen molar-refractivity contribution in [1.29, 1.82) is 0 Å². The van der Waals surface area contributed by atoms with Gasteiger partial charge in [0.1, 0.15) is 0 Å². The molecule has 22 heavy (non-hydrogen) atoms. The van der Waals surface area contributed by atoms with Crippen LogP contribution in [-0.4, -0.2) is 27.9 Å². The minimum atomic E-state index is -5.34. The highest BCUT2D eigenvalue weighted by atomic mass is 32.2. The van der Waals surface area contributed by atoms with E-state index in [1.807, 2.05) is 0 Å². The Bertz CT molecular complexity index is 682. The lowest BCUT2D eigenvalue weighted by molar-refractivity contribution is -0.0439. The maximum Gasteiger partial charge on any atom is 0.516 e. The van der Waals surface area contributed by atoms with Gasteiger partial charge in [0.25, 0.3) is 0 Å². The van der Waals surface area contributed by atoms with Crippen LogP contribution in [0.1, 0.15) is 0 Å². The summed E-state index contributed by atoms with van der Waals surface area (Å²) >= 11 is 0. The number of primary sulfonamides is 1. The normalized spacial score (nSPS) is 13.0. The predicted molar refractivity (Wildman–Crippen MR) is 64.2 cm³/mol. The highest BCUT2D eigenvalue weighted by Gasteiger charge is 2.46. The second kappa shape index (κ2) is 6.70. The van der Waals surface area contributed by atoms with E-state index in [-0.39, 0.29) is 5.69 Å². The summed E-state index contributed by atoms with van der Waals surface area (Å²) in [6.45, 7) is 0. The van der Waals surface area contributed by atoms with Crippen molar-refractivity contribution in [1.82, 2.24) is 0 Å². The van der Waals surface area contributed by atoms with Gasteiger partial charge >= 0.3 is 31.1 Å². The Labute approximate surface area is 121 Å². The van der Waals surface area contributed by atoms with E-state index in [0.29, 0.717) is 0 Å². The quantitative estimate of drug-likeness (QED) is 0.769. The van der Waals surface area contributed by atoms with Crippen molar-refractivity contribution < 1.29 is 43.2 Å². The Morgan fingerprint density at radius 2 is 1.18 bits per heavy atom. The molecule has 0 aliphatic heterocycles. The number of hydrogen-bond acceptors (Lipinski definition) is 4. The van der Waals surface area contributed by atoms with Gasteiger partial charge in [0, 0.05) is 5.69 Å². The first kappa shape index (κ1) is 20.5. The first-order chi connectivity index (χ1) is 9.58. The van der Waals surface area contributed by atoms with Crippen LogP contribution in [0.25, 0.3) is 0 Å². The molecule has 0 aliphatic carbocycles. The Balaban J connectivity index is 0.000000472. The van der Waals surface area contributed by atoms with Gasteiger partial charge in [-0.3, -0.25) is 4.72 Å². The SMILES string of the molecule is NS(=O)(=O)C(F)(F)F.O=S(=O)(Nc1ccccc1)C(F)(F)F. The Morgan fingerprint density at radius 1 is 0.818 bits per heavy atom. The number of rotatable bonds is 2. The molecule has 128 valence electrons. The predicted octanol–water partition coefficient (Wildman–Crippen LogP) is 1.74. The van der Waals surface area contributed by atoms with E-state index in [9.17, 15) is 43.2 Å². The van der Waals surface area contributed by atoms with E-state index in [2.05, 4.69) is 5.14 Å². The molecule has 3 N–H and O–H groups in total. The standard InChI is InChI=1S/C7H6F3NO2S.CH2F3NO2S/c8-7(9,10)14(12,13)11-6-4-2-1-3-5-6;2-1(3,4)8(5,6)7/h1-5,11H;(H2,5,6,7). The fourth-order valence-electron chi connectivity index (χ4n) is 0.719. The number of hydrogen-bond donors (Lipinski definition) is 2. The zero-order valence-electron chi connectivity index (χ0n) is 10.2. The molecule has 14 heteroatoms. The maximum atomic E-state index is 11.9. The van der Waals surface area contributed by atoms with Gasteiger partial charge in [0.2, 0.25) is 0 Å². The van der Waals surface area contributed by atoms with E-state index in [1.54, 1.807) is 6.07 Å². The van der Waals surface area contributed by atoms with Crippen molar-refractivity contribution in [3.8, 4) is 0 Å². The highest BCUT2D eigenvalue weighted by molar-refractivity contribution is 7.93. The van der Waals surface area contributed by atoms with Crippen LogP contribution >= 0.6 is 0 Å². The van der Waals surface area contributed by atoms with Crippen molar-refractivity contribution in [3.05, 3.63) is 30.3 Å². The van der Waals surface area contributed by atoms with Crippen molar-refractivity contribution in [3.63, 3.8) is 0 Å². The lowest BCUT2D eigenvalue weighted by Gasteiger charge is -2.09. The van der Waals surface area contributed by atoms with Crippen molar-refractivity contribution in [2.75, 3.05) is 4.72 Å². The van der Waals surface area contributed by atoms with Crippen LogP contribution in [0.15, 0.2) is 30.3 Å². The molecule has 0 fully saturated rings. The van der Waals surface area contributed by atoms with Crippen LogP contribution in [0, 0.1) is 0 Å². The van der Waals surface area contributed by atoms with E-state index < -0.39 is 31.1 Å². The van der Waals surface area contributed by atoms with E-state index in [0.717, 1.165) is 0 Å². The van der Waals surface area contributed by atoms with Crippen molar-refractivity contribution in [2.24, 2.45) is 5.14 Å². The number of alkyl halides is 6. The van der Waals surface area contributed by atoms with Gasteiger partial charge in [-0.15, -0.1) is 0 Å². The van der Waals surface area contributed by atoms with Gasteiger partial charge < -0.3 is 0 Å². The molecular weight excluding hydrogens is 366 g/mol. The molecule has 0 radical (unpaired) electrons. The van der Waals surface area contributed by atoms with Gasteiger partial charge in [0.15, 0.2) is 0 Å².